The summed E-state index contributed by atoms with van der Waals surface area (Å²) in [5.41, 5.74) is 3.54. The molecule has 0 aliphatic carbocycles. The summed E-state index contributed by atoms with van der Waals surface area (Å²) in [4.78, 5) is 0. The van der Waals surface area contributed by atoms with Gasteiger partial charge in [0.15, 0.2) is 0 Å². The molecule has 0 saturated carbocycles. The number of hydrogen-bond acceptors (Lipinski definition) is 1. The summed E-state index contributed by atoms with van der Waals surface area (Å²) >= 11 is 0. The maximum absolute atomic E-state index is 13.3. The highest BCUT2D eigenvalue weighted by Gasteiger charge is 2.25. The van der Waals surface area contributed by atoms with Crippen molar-refractivity contribution < 1.29 is 4.39 Å². The van der Waals surface area contributed by atoms with E-state index in [9.17, 15) is 4.39 Å². The fraction of sp³-hybridized carbons (Fsp3) is 0.250. The second-order valence-electron chi connectivity index (χ2n) is 5.02. The molecule has 18 heavy (non-hydrogen) atoms. The van der Waals surface area contributed by atoms with Crippen LogP contribution in [0, 0.1) is 11.7 Å². The first-order valence-corrected chi connectivity index (χ1v) is 6.34. The lowest BCUT2D eigenvalue weighted by Gasteiger charge is -2.33. The van der Waals surface area contributed by atoms with E-state index in [1.807, 2.05) is 12.1 Å². The topological polar surface area (TPSA) is 12.0 Å². The molecule has 1 aliphatic rings. The van der Waals surface area contributed by atoms with Gasteiger partial charge in [-0.15, -0.1) is 0 Å². The monoisotopic (exact) mass is 241 g/mol. The third kappa shape index (κ3) is 1.99. The second kappa shape index (κ2) is 4.45. The van der Waals surface area contributed by atoms with Gasteiger partial charge in [0.25, 0.3) is 0 Å². The van der Waals surface area contributed by atoms with Gasteiger partial charge in [-0.1, -0.05) is 37.3 Å². The van der Waals surface area contributed by atoms with Gasteiger partial charge in [0.05, 0.1) is 6.04 Å². The Bertz CT molecular complexity index is 565. The van der Waals surface area contributed by atoms with Gasteiger partial charge in [-0.25, -0.2) is 4.39 Å². The molecule has 2 unspecified atom stereocenters. The number of para-hydroxylation sites is 1. The van der Waals surface area contributed by atoms with E-state index in [2.05, 4.69) is 30.4 Å². The van der Waals surface area contributed by atoms with Gasteiger partial charge < -0.3 is 5.32 Å². The molecular weight excluding hydrogens is 225 g/mol. The van der Waals surface area contributed by atoms with Crippen LogP contribution < -0.4 is 5.32 Å². The van der Waals surface area contributed by atoms with E-state index < -0.39 is 0 Å². The number of rotatable bonds is 1. The summed E-state index contributed by atoms with van der Waals surface area (Å²) in [6.07, 6.45) is 1.03. The molecule has 2 atom stereocenters. The average Bonchev–Trinajstić information content (AvgIpc) is 2.38. The molecule has 0 radical (unpaired) electrons. The van der Waals surface area contributed by atoms with Crippen LogP contribution in [0.15, 0.2) is 48.5 Å². The zero-order chi connectivity index (χ0) is 12.5. The first-order valence-electron chi connectivity index (χ1n) is 6.34. The van der Waals surface area contributed by atoms with Crippen LogP contribution in [-0.2, 0) is 6.42 Å². The smallest absolute Gasteiger partial charge is 0.123 e. The summed E-state index contributed by atoms with van der Waals surface area (Å²) in [5, 5.41) is 3.52. The van der Waals surface area contributed by atoms with Gasteiger partial charge in [-0.05, 0) is 41.7 Å². The molecule has 0 amide bonds. The average molecular weight is 241 g/mol. The van der Waals surface area contributed by atoms with E-state index in [0.29, 0.717) is 5.92 Å². The number of fused-ring (bicyclic) bond motifs is 1. The maximum Gasteiger partial charge on any atom is 0.123 e. The highest BCUT2D eigenvalue weighted by atomic mass is 19.1. The van der Waals surface area contributed by atoms with Gasteiger partial charge in [-0.2, -0.15) is 0 Å². The predicted molar refractivity (Wildman–Crippen MR) is 72.1 cm³/mol. The van der Waals surface area contributed by atoms with Gasteiger partial charge in [-0.3, -0.25) is 0 Å². The van der Waals surface area contributed by atoms with Crippen LogP contribution in [0.3, 0.4) is 0 Å². The van der Waals surface area contributed by atoms with E-state index in [1.165, 1.54) is 17.3 Å². The van der Waals surface area contributed by atoms with Crippen molar-refractivity contribution in [2.24, 2.45) is 5.92 Å². The summed E-state index contributed by atoms with van der Waals surface area (Å²) in [5.74, 6) is 0.294. The molecule has 2 aromatic rings. The Balaban J connectivity index is 1.96. The van der Waals surface area contributed by atoms with E-state index in [0.717, 1.165) is 12.0 Å². The summed E-state index contributed by atoms with van der Waals surface area (Å²) in [6, 6.07) is 15.4. The molecule has 1 nitrogen and oxygen atoms in total. The Morgan fingerprint density at radius 1 is 1.11 bits per heavy atom. The molecule has 0 spiro atoms. The zero-order valence-electron chi connectivity index (χ0n) is 10.4. The van der Waals surface area contributed by atoms with Crippen LogP contribution in [0.5, 0.6) is 0 Å². The Hall–Kier alpha value is -1.83. The summed E-state index contributed by atoms with van der Waals surface area (Å²) in [7, 11) is 0. The molecule has 1 heterocycles. The third-order valence-corrected chi connectivity index (χ3v) is 3.65. The molecule has 0 fully saturated rings. The molecule has 1 aliphatic heterocycles. The molecule has 2 heteroatoms. The van der Waals surface area contributed by atoms with Crippen LogP contribution in [0.4, 0.5) is 10.1 Å². The molecule has 0 saturated heterocycles. The van der Waals surface area contributed by atoms with E-state index in [-0.39, 0.29) is 11.9 Å². The highest BCUT2D eigenvalue weighted by molar-refractivity contribution is 5.55. The summed E-state index contributed by atoms with van der Waals surface area (Å²) < 4.78 is 13.3. The van der Waals surface area contributed by atoms with Crippen LogP contribution in [0.2, 0.25) is 0 Å². The molecule has 3 rings (SSSR count). The minimum atomic E-state index is -0.166. The Kier molecular flexibility index (Phi) is 2.78. The lowest BCUT2D eigenvalue weighted by Crippen LogP contribution is -2.26. The van der Waals surface area contributed by atoms with Gasteiger partial charge in [0.2, 0.25) is 0 Å². The third-order valence-electron chi connectivity index (χ3n) is 3.65. The molecular formula is C16H16FN. The van der Waals surface area contributed by atoms with E-state index in [1.54, 1.807) is 12.1 Å². The van der Waals surface area contributed by atoms with E-state index in [4.69, 9.17) is 0 Å². The lowest BCUT2D eigenvalue weighted by molar-refractivity contribution is 0.477. The van der Waals surface area contributed by atoms with Crippen molar-refractivity contribution in [3.63, 3.8) is 0 Å². The number of nitrogens with one attached hydrogen (secondary N) is 1. The van der Waals surface area contributed by atoms with Crippen LogP contribution in [-0.4, -0.2) is 0 Å². The lowest BCUT2D eigenvalue weighted by atomic mass is 9.85. The number of halogens is 1. The largest absolute Gasteiger partial charge is 0.378 e. The van der Waals surface area contributed by atoms with Gasteiger partial charge in [0.1, 0.15) is 5.82 Å². The first kappa shape index (κ1) is 11.3. The molecule has 92 valence electrons. The Morgan fingerprint density at radius 2 is 1.94 bits per heavy atom. The second-order valence-corrected chi connectivity index (χ2v) is 5.02. The fourth-order valence-electron chi connectivity index (χ4n) is 2.73. The minimum absolute atomic E-state index is 0.166. The highest BCUT2D eigenvalue weighted by Crippen LogP contribution is 2.36. The van der Waals surface area contributed by atoms with Crippen molar-refractivity contribution in [1.29, 1.82) is 0 Å². The van der Waals surface area contributed by atoms with Crippen LogP contribution in [0.1, 0.15) is 24.1 Å². The van der Waals surface area contributed by atoms with Crippen molar-refractivity contribution in [2.45, 2.75) is 19.4 Å². The van der Waals surface area contributed by atoms with Crippen molar-refractivity contribution in [3.8, 4) is 0 Å². The predicted octanol–water partition coefficient (Wildman–Crippen LogP) is 4.17. The van der Waals surface area contributed by atoms with Crippen molar-refractivity contribution in [2.75, 3.05) is 5.32 Å². The SMILES string of the molecule is CC1Cc2ccccc2NC1c1cccc(F)c1. The molecule has 0 aromatic heterocycles. The number of anilines is 1. The molecule has 2 aromatic carbocycles. The summed E-state index contributed by atoms with van der Waals surface area (Å²) in [6.45, 7) is 2.21. The van der Waals surface area contributed by atoms with Gasteiger partial charge >= 0.3 is 0 Å². The Morgan fingerprint density at radius 3 is 2.78 bits per heavy atom. The molecule has 0 bridgehead atoms. The van der Waals surface area contributed by atoms with E-state index >= 15 is 0 Å². The maximum atomic E-state index is 13.3. The quantitative estimate of drug-likeness (QED) is 0.790. The zero-order valence-corrected chi connectivity index (χ0v) is 10.4. The Labute approximate surface area is 107 Å². The first-order chi connectivity index (χ1) is 8.74. The minimum Gasteiger partial charge on any atom is -0.378 e. The number of hydrogen-bond donors (Lipinski definition) is 1. The number of benzene rings is 2. The van der Waals surface area contributed by atoms with Crippen molar-refractivity contribution in [3.05, 3.63) is 65.5 Å². The normalized spacial score (nSPS) is 22.1. The van der Waals surface area contributed by atoms with Gasteiger partial charge in [0, 0.05) is 5.69 Å². The fourth-order valence-corrected chi connectivity index (χ4v) is 2.73. The van der Waals surface area contributed by atoms with Crippen LogP contribution >= 0.6 is 0 Å². The molecule has 1 N–H and O–H groups in total. The standard InChI is InChI=1S/C16H16FN/c1-11-9-12-5-2-3-8-15(12)18-16(11)13-6-4-7-14(17)10-13/h2-8,10-11,16,18H,9H2,1H3. The van der Waals surface area contributed by atoms with Crippen LogP contribution in [0.25, 0.3) is 0 Å². The van der Waals surface area contributed by atoms with Crippen molar-refractivity contribution >= 4 is 5.69 Å². The van der Waals surface area contributed by atoms with Crippen molar-refractivity contribution in [1.82, 2.24) is 0 Å².